The number of nitrogens with one attached hydrogen (secondary N) is 3. The van der Waals surface area contributed by atoms with Gasteiger partial charge in [0.15, 0.2) is 0 Å². The Morgan fingerprint density at radius 1 is 0.933 bits per heavy atom. The molecule has 30 heavy (non-hydrogen) atoms. The lowest BCUT2D eigenvalue weighted by Crippen LogP contribution is -2.39. The van der Waals surface area contributed by atoms with Crippen LogP contribution in [0.2, 0.25) is 0 Å². The second-order valence-electron chi connectivity index (χ2n) is 7.09. The van der Waals surface area contributed by atoms with E-state index in [-0.39, 0.29) is 18.2 Å². The normalized spacial score (nSPS) is 15.2. The zero-order chi connectivity index (χ0) is 20.9. The lowest BCUT2D eigenvalue weighted by Gasteiger charge is -2.19. The van der Waals surface area contributed by atoms with Crippen molar-refractivity contribution in [3.63, 3.8) is 0 Å². The minimum absolute atomic E-state index is 0.122. The molecule has 0 fully saturated rings. The van der Waals surface area contributed by atoms with E-state index in [0.29, 0.717) is 17.1 Å². The maximum Gasteiger partial charge on any atom is 0.250 e. The zero-order valence-electron chi connectivity index (χ0n) is 16.3. The van der Waals surface area contributed by atoms with Crippen molar-refractivity contribution in [1.82, 2.24) is 10.6 Å². The van der Waals surface area contributed by atoms with E-state index in [1.165, 1.54) is 0 Å². The number of para-hydroxylation sites is 2. The quantitative estimate of drug-likeness (QED) is 0.497. The Kier molecular flexibility index (Phi) is 5.48. The summed E-state index contributed by atoms with van der Waals surface area (Å²) in [5, 5.41) is 10.9. The number of benzene rings is 3. The third-order valence-corrected chi connectivity index (χ3v) is 4.85. The van der Waals surface area contributed by atoms with Crippen molar-refractivity contribution in [2.45, 2.75) is 12.5 Å². The van der Waals surface area contributed by atoms with Crippen LogP contribution in [0.5, 0.6) is 0 Å². The molecule has 3 aromatic carbocycles. The monoisotopic (exact) mass is 398 g/mol. The van der Waals surface area contributed by atoms with E-state index < -0.39 is 6.04 Å². The maximum absolute atomic E-state index is 12.4. The standard InChI is InChI=1S/C24H22N4O2/c25-20-7-3-4-8-21(20)28-24(30)22-12-11-19(15-26-22)27-23(29)14-16-9-10-17-5-1-2-6-18(17)13-16/h1-13,15,22,26H,14,25H2,(H,27,29)(H,28,30). The fourth-order valence-electron chi connectivity index (χ4n) is 3.28. The van der Waals surface area contributed by atoms with E-state index >= 15 is 0 Å². The first-order valence-corrected chi connectivity index (χ1v) is 9.66. The Balaban J connectivity index is 1.32. The van der Waals surface area contributed by atoms with Gasteiger partial charge in [-0.1, -0.05) is 60.7 Å². The first-order valence-electron chi connectivity index (χ1n) is 9.66. The zero-order valence-corrected chi connectivity index (χ0v) is 16.3. The Morgan fingerprint density at radius 3 is 2.47 bits per heavy atom. The molecule has 0 spiro atoms. The van der Waals surface area contributed by atoms with Crippen LogP contribution < -0.4 is 21.7 Å². The molecule has 3 aromatic rings. The van der Waals surface area contributed by atoms with Crippen LogP contribution in [0.4, 0.5) is 11.4 Å². The van der Waals surface area contributed by atoms with Gasteiger partial charge in [-0.25, -0.2) is 0 Å². The number of nitrogen functional groups attached to an aromatic ring is 1. The van der Waals surface area contributed by atoms with Gasteiger partial charge >= 0.3 is 0 Å². The number of allylic oxidation sites excluding steroid dienone is 1. The van der Waals surface area contributed by atoms with Crippen molar-refractivity contribution in [3.05, 3.63) is 96.3 Å². The Bertz CT molecular complexity index is 1170. The Morgan fingerprint density at radius 2 is 1.70 bits per heavy atom. The van der Waals surface area contributed by atoms with E-state index in [2.05, 4.69) is 16.0 Å². The minimum Gasteiger partial charge on any atom is -0.397 e. The second-order valence-corrected chi connectivity index (χ2v) is 7.09. The molecule has 4 rings (SSSR count). The van der Waals surface area contributed by atoms with Crippen molar-refractivity contribution in [2.24, 2.45) is 0 Å². The van der Waals surface area contributed by atoms with E-state index in [0.717, 1.165) is 16.3 Å². The van der Waals surface area contributed by atoms with Gasteiger partial charge in [0.1, 0.15) is 6.04 Å². The maximum atomic E-state index is 12.4. The Hall–Kier alpha value is -4.06. The molecule has 0 saturated carbocycles. The average Bonchev–Trinajstić information content (AvgIpc) is 2.75. The first-order chi connectivity index (χ1) is 14.6. The van der Waals surface area contributed by atoms with Crippen LogP contribution in [0, 0.1) is 0 Å². The number of hydrogen-bond donors (Lipinski definition) is 4. The summed E-state index contributed by atoms with van der Waals surface area (Å²) in [6.45, 7) is 0. The van der Waals surface area contributed by atoms with Gasteiger partial charge in [-0.3, -0.25) is 9.59 Å². The van der Waals surface area contributed by atoms with E-state index in [1.807, 2.05) is 42.5 Å². The van der Waals surface area contributed by atoms with Crippen LogP contribution in [0.25, 0.3) is 10.8 Å². The predicted molar refractivity (Wildman–Crippen MR) is 119 cm³/mol. The lowest BCUT2D eigenvalue weighted by molar-refractivity contribution is -0.119. The summed E-state index contributed by atoms with van der Waals surface area (Å²) < 4.78 is 0. The Labute approximate surface area is 174 Å². The molecule has 1 unspecified atom stereocenters. The molecule has 6 nitrogen and oxygen atoms in total. The number of fused-ring (bicyclic) bond motifs is 1. The summed E-state index contributed by atoms with van der Waals surface area (Å²) in [7, 11) is 0. The number of hydrogen-bond acceptors (Lipinski definition) is 4. The molecule has 1 aliphatic rings. The molecular formula is C24H22N4O2. The molecule has 1 atom stereocenters. The summed E-state index contributed by atoms with van der Waals surface area (Å²) in [5.74, 6) is -0.357. The highest BCUT2D eigenvalue weighted by Crippen LogP contribution is 2.18. The van der Waals surface area contributed by atoms with Crippen molar-refractivity contribution >= 4 is 34.0 Å². The number of dihydropyridines is 1. The third kappa shape index (κ3) is 4.50. The number of carbonyl (C=O) groups is 2. The molecule has 0 saturated heterocycles. The van der Waals surface area contributed by atoms with Crippen LogP contribution in [-0.4, -0.2) is 17.9 Å². The summed E-state index contributed by atoms with van der Waals surface area (Å²) in [5.41, 5.74) is 8.47. The minimum atomic E-state index is -0.550. The predicted octanol–water partition coefficient (Wildman–Crippen LogP) is 3.09. The van der Waals surface area contributed by atoms with E-state index in [4.69, 9.17) is 5.73 Å². The van der Waals surface area contributed by atoms with Crippen LogP contribution in [0.3, 0.4) is 0 Å². The molecule has 0 bridgehead atoms. The summed E-state index contributed by atoms with van der Waals surface area (Å²) in [6, 6.07) is 20.6. The van der Waals surface area contributed by atoms with Gasteiger partial charge in [-0.05, 0) is 34.5 Å². The number of rotatable bonds is 5. The molecule has 150 valence electrons. The van der Waals surface area contributed by atoms with Crippen molar-refractivity contribution < 1.29 is 9.59 Å². The fraction of sp³-hybridized carbons (Fsp3) is 0.0833. The lowest BCUT2D eigenvalue weighted by atomic mass is 10.0. The first kappa shape index (κ1) is 19.3. The molecule has 0 aromatic heterocycles. The highest BCUT2D eigenvalue weighted by atomic mass is 16.2. The summed E-state index contributed by atoms with van der Waals surface area (Å²) >= 11 is 0. The highest BCUT2D eigenvalue weighted by Gasteiger charge is 2.18. The summed E-state index contributed by atoms with van der Waals surface area (Å²) in [4.78, 5) is 24.8. The highest BCUT2D eigenvalue weighted by molar-refractivity contribution is 5.98. The van der Waals surface area contributed by atoms with Gasteiger partial charge in [-0.15, -0.1) is 0 Å². The number of amides is 2. The van der Waals surface area contributed by atoms with Gasteiger partial charge in [0.25, 0.3) is 5.91 Å². The largest absolute Gasteiger partial charge is 0.397 e. The molecule has 0 radical (unpaired) electrons. The smallest absolute Gasteiger partial charge is 0.250 e. The number of anilines is 2. The molecular weight excluding hydrogens is 376 g/mol. The van der Waals surface area contributed by atoms with E-state index in [1.54, 1.807) is 42.6 Å². The topological polar surface area (TPSA) is 96.2 Å². The molecule has 5 N–H and O–H groups in total. The van der Waals surface area contributed by atoms with Crippen LogP contribution in [0.1, 0.15) is 5.56 Å². The number of nitrogens with two attached hydrogens (primary N) is 1. The van der Waals surface area contributed by atoms with Crippen molar-refractivity contribution in [3.8, 4) is 0 Å². The van der Waals surface area contributed by atoms with Gasteiger partial charge < -0.3 is 21.7 Å². The number of carbonyl (C=O) groups excluding carboxylic acids is 2. The van der Waals surface area contributed by atoms with Crippen molar-refractivity contribution in [1.29, 1.82) is 0 Å². The molecule has 1 heterocycles. The SMILES string of the molecule is Nc1ccccc1NC(=O)C1C=CC(NC(=O)Cc2ccc3ccccc3c2)=CN1. The van der Waals surface area contributed by atoms with Gasteiger partial charge in [0, 0.05) is 6.20 Å². The molecule has 1 aliphatic heterocycles. The van der Waals surface area contributed by atoms with Gasteiger partial charge in [0.05, 0.1) is 23.5 Å². The van der Waals surface area contributed by atoms with Crippen LogP contribution in [-0.2, 0) is 16.0 Å². The summed E-state index contributed by atoms with van der Waals surface area (Å²) in [6.07, 6.45) is 5.30. The fourth-order valence-corrected chi connectivity index (χ4v) is 3.28. The molecule has 2 amide bonds. The second kappa shape index (κ2) is 8.53. The molecule has 6 heteroatoms. The third-order valence-electron chi connectivity index (χ3n) is 4.85. The van der Waals surface area contributed by atoms with Crippen LogP contribution in [0.15, 0.2) is 90.8 Å². The van der Waals surface area contributed by atoms with Gasteiger partial charge in [0.2, 0.25) is 5.91 Å². The van der Waals surface area contributed by atoms with Crippen molar-refractivity contribution in [2.75, 3.05) is 11.1 Å². The van der Waals surface area contributed by atoms with Crippen LogP contribution >= 0.6 is 0 Å². The molecule has 0 aliphatic carbocycles. The van der Waals surface area contributed by atoms with E-state index in [9.17, 15) is 9.59 Å². The van der Waals surface area contributed by atoms with Gasteiger partial charge in [-0.2, -0.15) is 0 Å². The average molecular weight is 398 g/mol.